The van der Waals surface area contributed by atoms with Gasteiger partial charge in [-0.25, -0.2) is 4.98 Å². The Kier molecular flexibility index (Phi) is 5.86. The van der Waals surface area contributed by atoms with Crippen LogP contribution < -0.4 is 11.3 Å². The van der Waals surface area contributed by atoms with E-state index in [9.17, 15) is 9.59 Å². The van der Waals surface area contributed by atoms with Crippen molar-refractivity contribution in [2.45, 2.75) is 18.1 Å². The number of halogens is 2. The van der Waals surface area contributed by atoms with Crippen LogP contribution in [0.1, 0.15) is 5.56 Å². The number of hydrogen-bond acceptors (Lipinski definition) is 4. The lowest BCUT2D eigenvalue weighted by Crippen LogP contribution is -2.25. The molecule has 5 nitrogen and oxygen atoms in total. The van der Waals surface area contributed by atoms with E-state index in [2.05, 4.69) is 4.98 Å². The second kappa shape index (κ2) is 8.12. The summed E-state index contributed by atoms with van der Waals surface area (Å²) in [6.07, 6.45) is 0.528. The molecule has 0 bridgehead atoms. The van der Waals surface area contributed by atoms with E-state index in [1.807, 2.05) is 12.1 Å². The molecule has 2 aromatic carbocycles. The van der Waals surface area contributed by atoms with Crippen LogP contribution in [0.15, 0.2) is 52.4 Å². The number of carbonyl (C=O) groups is 1. The van der Waals surface area contributed by atoms with Crippen molar-refractivity contribution in [2.75, 3.05) is 5.75 Å². The summed E-state index contributed by atoms with van der Waals surface area (Å²) >= 11 is 13.3. The van der Waals surface area contributed by atoms with Crippen LogP contribution in [0.4, 0.5) is 0 Å². The maximum Gasteiger partial charge on any atom is 0.262 e. The van der Waals surface area contributed by atoms with Crippen LogP contribution in [0.3, 0.4) is 0 Å². The topological polar surface area (TPSA) is 78.0 Å². The van der Waals surface area contributed by atoms with Gasteiger partial charge in [0.15, 0.2) is 5.16 Å². The molecule has 0 aliphatic carbocycles. The maximum absolute atomic E-state index is 12.9. The van der Waals surface area contributed by atoms with Crippen molar-refractivity contribution in [3.63, 3.8) is 0 Å². The van der Waals surface area contributed by atoms with Gasteiger partial charge < -0.3 is 5.73 Å². The number of thioether (sulfide) groups is 1. The molecule has 1 amide bonds. The van der Waals surface area contributed by atoms with Crippen molar-refractivity contribution in [1.82, 2.24) is 9.55 Å². The lowest BCUT2D eigenvalue weighted by atomic mass is 10.1. The highest BCUT2D eigenvalue weighted by Crippen LogP contribution is 2.23. The van der Waals surface area contributed by atoms with Crippen LogP contribution in [0.5, 0.6) is 0 Å². The van der Waals surface area contributed by atoms with Gasteiger partial charge in [-0.15, -0.1) is 0 Å². The number of para-hydroxylation sites is 1. The zero-order chi connectivity index (χ0) is 18.7. The second-order valence-corrected chi connectivity index (χ2v) is 7.40. The lowest BCUT2D eigenvalue weighted by Gasteiger charge is -2.13. The largest absolute Gasteiger partial charge is 0.369 e. The summed E-state index contributed by atoms with van der Waals surface area (Å²) in [6, 6.07) is 12.4. The Morgan fingerprint density at radius 3 is 2.69 bits per heavy atom. The van der Waals surface area contributed by atoms with Crippen molar-refractivity contribution < 1.29 is 4.79 Å². The second-order valence-electron chi connectivity index (χ2n) is 5.61. The SMILES string of the molecule is NC(=O)CSc1nc2ccccc2c(=O)n1CCc1ccc(Cl)cc1Cl. The van der Waals surface area contributed by atoms with Gasteiger partial charge in [0.05, 0.1) is 16.7 Å². The van der Waals surface area contributed by atoms with Crippen LogP contribution in [0.2, 0.25) is 10.0 Å². The number of nitrogens with two attached hydrogens (primary N) is 1. The molecule has 0 saturated heterocycles. The Balaban J connectivity index is 1.98. The maximum atomic E-state index is 12.9. The van der Waals surface area contributed by atoms with Gasteiger partial charge in [-0.05, 0) is 36.2 Å². The van der Waals surface area contributed by atoms with Gasteiger partial charge >= 0.3 is 0 Å². The smallest absolute Gasteiger partial charge is 0.262 e. The summed E-state index contributed by atoms with van der Waals surface area (Å²) in [5.41, 5.74) is 6.54. The van der Waals surface area contributed by atoms with Crippen molar-refractivity contribution in [1.29, 1.82) is 0 Å². The minimum atomic E-state index is -0.468. The summed E-state index contributed by atoms with van der Waals surface area (Å²) in [4.78, 5) is 28.6. The fraction of sp³-hybridized carbons (Fsp3) is 0.167. The van der Waals surface area contributed by atoms with E-state index in [0.717, 1.165) is 17.3 Å². The minimum absolute atomic E-state index is 0.0481. The molecule has 0 atom stereocenters. The number of nitrogens with zero attached hydrogens (tertiary/aromatic N) is 2. The average molecular weight is 408 g/mol. The van der Waals surface area contributed by atoms with Gasteiger partial charge in [0, 0.05) is 16.6 Å². The van der Waals surface area contributed by atoms with Crippen LogP contribution in [0, 0.1) is 0 Å². The van der Waals surface area contributed by atoms with Gasteiger partial charge in [0.2, 0.25) is 5.91 Å². The number of benzene rings is 2. The molecule has 2 N–H and O–H groups in total. The molecule has 0 fully saturated rings. The molecular formula is C18H15Cl2N3O2S. The first-order valence-corrected chi connectivity index (χ1v) is 9.54. The molecular weight excluding hydrogens is 393 g/mol. The highest BCUT2D eigenvalue weighted by atomic mass is 35.5. The molecule has 1 heterocycles. The summed E-state index contributed by atoms with van der Waals surface area (Å²) in [6.45, 7) is 0.374. The zero-order valence-electron chi connectivity index (χ0n) is 13.6. The zero-order valence-corrected chi connectivity index (χ0v) is 15.9. The van der Waals surface area contributed by atoms with E-state index in [-0.39, 0.29) is 11.3 Å². The first-order valence-electron chi connectivity index (χ1n) is 7.80. The Morgan fingerprint density at radius 1 is 1.19 bits per heavy atom. The first-order chi connectivity index (χ1) is 12.5. The normalized spacial score (nSPS) is 11.0. The monoisotopic (exact) mass is 407 g/mol. The van der Waals surface area contributed by atoms with E-state index in [4.69, 9.17) is 28.9 Å². The van der Waals surface area contributed by atoms with E-state index in [1.165, 1.54) is 0 Å². The number of rotatable bonds is 6. The number of aromatic nitrogens is 2. The molecule has 0 aliphatic heterocycles. The number of amides is 1. The molecule has 0 saturated carbocycles. The van der Waals surface area contributed by atoms with Crippen LogP contribution in [-0.2, 0) is 17.8 Å². The number of aryl methyl sites for hydroxylation is 1. The summed E-state index contributed by atoms with van der Waals surface area (Å²) in [5.74, 6) is -0.420. The molecule has 0 radical (unpaired) electrons. The van der Waals surface area contributed by atoms with Crippen LogP contribution in [-0.4, -0.2) is 21.2 Å². The summed E-state index contributed by atoms with van der Waals surface area (Å²) in [7, 11) is 0. The Labute approximate surface area is 164 Å². The number of primary amides is 1. The van der Waals surface area contributed by atoms with Gasteiger partial charge in [0.25, 0.3) is 5.56 Å². The third-order valence-corrected chi connectivity index (χ3v) is 5.38. The van der Waals surface area contributed by atoms with Gasteiger partial charge in [0.1, 0.15) is 0 Å². The predicted molar refractivity (Wildman–Crippen MR) is 106 cm³/mol. The fourth-order valence-electron chi connectivity index (χ4n) is 2.55. The molecule has 0 spiro atoms. The van der Waals surface area contributed by atoms with Crippen molar-refractivity contribution in [2.24, 2.45) is 5.73 Å². The van der Waals surface area contributed by atoms with Crippen LogP contribution >= 0.6 is 35.0 Å². The molecule has 134 valence electrons. The molecule has 26 heavy (non-hydrogen) atoms. The minimum Gasteiger partial charge on any atom is -0.369 e. The van der Waals surface area contributed by atoms with Crippen molar-refractivity contribution >= 4 is 51.8 Å². The van der Waals surface area contributed by atoms with Gasteiger partial charge in [-0.3, -0.25) is 14.2 Å². The Hall–Kier alpha value is -2.02. The highest BCUT2D eigenvalue weighted by molar-refractivity contribution is 7.99. The fourth-order valence-corrected chi connectivity index (χ4v) is 3.81. The standard InChI is InChI=1S/C18H15Cl2N3O2S/c19-12-6-5-11(14(20)9-12)7-8-23-17(25)13-3-1-2-4-15(13)22-18(23)26-10-16(21)24/h1-6,9H,7-8,10H2,(H2,21,24). The van der Waals surface area contributed by atoms with E-state index in [0.29, 0.717) is 39.1 Å². The Bertz CT molecular complexity index is 1040. The lowest BCUT2D eigenvalue weighted by molar-refractivity contribution is -0.115. The van der Waals surface area contributed by atoms with Gasteiger partial charge in [-0.2, -0.15) is 0 Å². The van der Waals surface area contributed by atoms with Crippen molar-refractivity contribution in [3.05, 3.63) is 68.4 Å². The number of carbonyl (C=O) groups excluding carboxylic acids is 1. The molecule has 0 aliphatic rings. The summed E-state index contributed by atoms with van der Waals surface area (Å²) < 4.78 is 1.56. The highest BCUT2D eigenvalue weighted by Gasteiger charge is 2.13. The predicted octanol–water partition coefficient (Wildman–Crippen LogP) is 3.52. The quantitative estimate of drug-likeness (QED) is 0.500. The summed E-state index contributed by atoms with van der Waals surface area (Å²) in [5, 5.41) is 2.09. The van der Waals surface area contributed by atoms with E-state index >= 15 is 0 Å². The number of fused-ring (bicyclic) bond motifs is 1. The average Bonchev–Trinajstić information content (AvgIpc) is 2.60. The molecule has 3 rings (SSSR count). The van der Waals surface area contributed by atoms with Gasteiger partial charge in [-0.1, -0.05) is 53.2 Å². The molecule has 1 aromatic heterocycles. The molecule has 8 heteroatoms. The third-order valence-electron chi connectivity index (χ3n) is 3.79. The Morgan fingerprint density at radius 2 is 1.96 bits per heavy atom. The van der Waals surface area contributed by atoms with Crippen LogP contribution in [0.25, 0.3) is 10.9 Å². The first kappa shape index (κ1) is 18.8. The third kappa shape index (κ3) is 4.20. The number of hydrogen-bond donors (Lipinski definition) is 1. The molecule has 3 aromatic rings. The van der Waals surface area contributed by atoms with E-state index < -0.39 is 5.91 Å². The molecule has 0 unspecified atom stereocenters. The van der Waals surface area contributed by atoms with E-state index in [1.54, 1.807) is 34.9 Å². The van der Waals surface area contributed by atoms with Crippen molar-refractivity contribution in [3.8, 4) is 0 Å².